The summed E-state index contributed by atoms with van der Waals surface area (Å²) in [5.74, 6) is 2.77. The maximum Gasteiger partial charge on any atom is 0.0833 e. The average Bonchev–Trinajstić information content (AvgIpc) is 3.03. The minimum atomic E-state index is -0.685. The van der Waals surface area contributed by atoms with Crippen LogP contribution in [0.5, 0.6) is 0 Å². The van der Waals surface area contributed by atoms with Crippen LogP contribution in [-0.2, 0) is 0 Å². The molecule has 4 aliphatic carbocycles. The number of fused-ring (bicyclic) bond motifs is 5. The Bertz CT molecular complexity index is 644. The number of aliphatic hydroxyl groups is 4. The summed E-state index contributed by atoms with van der Waals surface area (Å²) < 4.78 is 0. The third kappa shape index (κ3) is 4.02. The molecule has 0 radical (unpaired) electrons. The Kier molecular flexibility index (Phi) is 6.38. The first-order valence-corrected chi connectivity index (χ1v) is 13.1. The molecule has 0 heterocycles. The van der Waals surface area contributed by atoms with Crippen molar-refractivity contribution in [2.75, 3.05) is 0 Å². The van der Waals surface area contributed by atoms with Crippen LogP contribution in [0.3, 0.4) is 0 Å². The summed E-state index contributed by atoms with van der Waals surface area (Å²) in [6, 6.07) is 0. The van der Waals surface area contributed by atoms with E-state index in [-0.39, 0.29) is 17.4 Å². The molecule has 4 N–H and O–H groups in total. The van der Waals surface area contributed by atoms with Gasteiger partial charge in [0.05, 0.1) is 23.9 Å². The first-order valence-electron chi connectivity index (χ1n) is 13.1. The number of hydrogen-bond donors (Lipinski definition) is 4. The fraction of sp³-hybridized carbons (Fsp3) is 1.00. The van der Waals surface area contributed by atoms with Crippen LogP contribution in [-0.4, -0.2) is 44.3 Å². The van der Waals surface area contributed by atoms with Crippen molar-refractivity contribution in [3.63, 3.8) is 0 Å². The lowest BCUT2D eigenvalue weighted by molar-refractivity contribution is -0.206. The molecule has 0 aromatic carbocycles. The van der Waals surface area contributed by atoms with Crippen LogP contribution >= 0.6 is 0 Å². The molecular weight excluding hydrogens is 388 g/mol. The molecule has 4 rings (SSSR count). The van der Waals surface area contributed by atoms with E-state index in [2.05, 4.69) is 20.8 Å². The van der Waals surface area contributed by atoms with Gasteiger partial charge < -0.3 is 20.4 Å². The quantitative estimate of drug-likeness (QED) is 0.511. The van der Waals surface area contributed by atoms with E-state index < -0.39 is 17.8 Å². The van der Waals surface area contributed by atoms with Crippen LogP contribution in [0.4, 0.5) is 0 Å². The summed E-state index contributed by atoms with van der Waals surface area (Å²) in [6.07, 6.45) is 8.64. The van der Waals surface area contributed by atoms with Gasteiger partial charge in [-0.25, -0.2) is 0 Å². The van der Waals surface area contributed by atoms with E-state index in [0.717, 1.165) is 25.7 Å². The highest BCUT2D eigenvalue weighted by molar-refractivity contribution is 5.13. The molecule has 0 aromatic rings. The molecule has 2 unspecified atom stereocenters. The third-order valence-corrected chi connectivity index (χ3v) is 11.0. The second-order valence-electron chi connectivity index (χ2n) is 13.2. The predicted octanol–water partition coefficient (Wildman–Crippen LogP) is 4.53. The van der Waals surface area contributed by atoms with Crippen molar-refractivity contribution < 1.29 is 20.4 Å². The predicted molar refractivity (Wildman–Crippen MR) is 123 cm³/mol. The second kappa shape index (κ2) is 8.25. The first kappa shape index (κ1) is 24.0. The zero-order valence-electron chi connectivity index (χ0n) is 20.6. The lowest BCUT2D eigenvalue weighted by Gasteiger charge is -2.63. The SMILES string of the molecule is C[C@H](CCCC(C)(C)O)[C@H]1CC[C@H]2[C@@H]3C(O)CC4[C@@H](O)[C@@H](O)CC[C@]4(C)[C@H]3CC[C@]12C. The molecule has 180 valence electrons. The van der Waals surface area contributed by atoms with Gasteiger partial charge in [0.25, 0.3) is 0 Å². The highest BCUT2D eigenvalue weighted by atomic mass is 16.3. The molecule has 4 fully saturated rings. The molecular formula is C27H48O4. The normalized spacial score (nSPS) is 51.0. The van der Waals surface area contributed by atoms with E-state index >= 15 is 0 Å². The Morgan fingerprint density at radius 1 is 0.871 bits per heavy atom. The van der Waals surface area contributed by atoms with Gasteiger partial charge in [0.15, 0.2) is 0 Å². The van der Waals surface area contributed by atoms with E-state index in [9.17, 15) is 20.4 Å². The summed E-state index contributed by atoms with van der Waals surface area (Å²) in [6.45, 7) is 11.1. The summed E-state index contributed by atoms with van der Waals surface area (Å²) in [5.41, 5.74) is -0.233. The van der Waals surface area contributed by atoms with Crippen LogP contribution in [0.25, 0.3) is 0 Å². The third-order valence-electron chi connectivity index (χ3n) is 11.0. The Morgan fingerprint density at radius 2 is 1.52 bits per heavy atom. The molecule has 4 aliphatic rings. The zero-order valence-corrected chi connectivity index (χ0v) is 20.6. The maximum atomic E-state index is 11.4. The Hall–Kier alpha value is -0.160. The van der Waals surface area contributed by atoms with Gasteiger partial charge in [-0.15, -0.1) is 0 Å². The van der Waals surface area contributed by atoms with E-state index in [1.807, 2.05) is 13.8 Å². The second-order valence-corrected chi connectivity index (χ2v) is 13.2. The molecule has 0 amide bonds. The lowest BCUT2D eigenvalue weighted by atomic mass is 9.43. The van der Waals surface area contributed by atoms with Crippen molar-refractivity contribution in [2.45, 2.75) is 123 Å². The highest BCUT2D eigenvalue weighted by Gasteiger charge is 2.64. The van der Waals surface area contributed by atoms with Crippen LogP contribution in [0.1, 0.15) is 98.8 Å². The van der Waals surface area contributed by atoms with E-state index in [4.69, 9.17) is 0 Å². The van der Waals surface area contributed by atoms with Crippen LogP contribution < -0.4 is 0 Å². The Labute approximate surface area is 189 Å². The maximum absolute atomic E-state index is 11.4. The van der Waals surface area contributed by atoms with Crippen molar-refractivity contribution in [3.8, 4) is 0 Å². The van der Waals surface area contributed by atoms with Gasteiger partial charge in [-0.05, 0) is 112 Å². The van der Waals surface area contributed by atoms with Crippen molar-refractivity contribution in [2.24, 2.45) is 46.3 Å². The Balaban J connectivity index is 1.51. The van der Waals surface area contributed by atoms with Crippen molar-refractivity contribution >= 4 is 0 Å². The monoisotopic (exact) mass is 436 g/mol. The minimum absolute atomic E-state index is 0.0230. The van der Waals surface area contributed by atoms with E-state index in [1.165, 1.54) is 25.7 Å². The molecule has 0 aliphatic heterocycles. The van der Waals surface area contributed by atoms with Gasteiger partial charge in [-0.1, -0.05) is 33.6 Å². The minimum Gasteiger partial charge on any atom is -0.393 e. The van der Waals surface area contributed by atoms with Crippen molar-refractivity contribution in [1.29, 1.82) is 0 Å². The van der Waals surface area contributed by atoms with E-state index in [1.54, 1.807) is 0 Å². The molecule has 0 saturated heterocycles. The molecule has 0 bridgehead atoms. The number of aliphatic hydroxyl groups excluding tert-OH is 3. The van der Waals surface area contributed by atoms with Gasteiger partial charge in [0.2, 0.25) is 0 Å². The summed E-state index contributed by atoms with van der Waals surface area (Å²) in [4.78, 5) is 0. The molecule has 0 aromatic heterocycles. The number of rotatable bonds is 5. The van der Waals surface area contributed by atoms with Gasteiger partial charge in [0, 0.05) is 0 Å². The molecule has 11 atom stereocenters. The molecule has 4 saturated carbocycles. The number of hydrogen-bond acceptors (Lipinski definition) is 4. The fourth-order valence-electron chi connectivity index (χ4n) is 9.29. The van der Waals surface area contributed by atoms with Crippen LogP contribution in [0.15, 0.2) is 0 Å². The summed E-state index contributed by atoms with van der Waals surface area (Å²) >= 11 is 0. The first-order chi connectivity index (χ1) is 14.4. The largest absolute Gasteiger partial charge is 0.393 e. The lowest BCUT2D eigenvalue weighted by Crippen LogP contribution is -2.62. The van der Waals surface area contributed by atoms with Gasteiger partial charge in [-0.2, -0.15) is 0 Å². The standard InChI is InChI=1S/C27H48O4/c1-16(7-6-12-25(2,3)31)17-8-9-18-23-19(10-13-26(17,18)4)27(5)14-11-21(28)24(30)20(27)15-22(23)29/h16-24,28-31H,6-15H2,1-5H3/t16-,17-,18+,19+,20?,21+,22?,23+,24-,26-,27-/m1/s1. The summed E-state index contributed by atoms with van der Waals surface area (Å²) in [5, 5.41) is 42.5. The van der Waals surface area contributed by atoms with Crippen LogP contribution in [0.2, 0.25) is 0 Å². The van der Waals surface area contributed by atoms with Gasteiger partial charge in [-0.3, -0.25) is 0 Å². The smallest absolute Gasteiger partial charge is 0.0833 e. The van der Waals surface area contributed by atoms with Crippen molar-refractivity contribution in [3.05, 3.63) is 0 Å². The molecule has 31 heavy (non-hydrogen) atoms. The fourth-order valence-corrected chi connectivity index (χ4v) is 9.29. The van der Waals surface area contributed by atoms with Gasteiger partial charge in [0.1, 0.15) is 0 Å². The van der Waals surface area contributed by atoms with Gasteiger partial charge >= 0.3 is 0 Å². The molecule has 4 heteroatoms. The van der Waals surface area contributed by atoms with Crippen molar-refractivity contribution in [1.82, 2.24) is 0 Å². The Morgan fingerprint density at radius 3 is 2.19 bits per heavy atom. The molecule has 4 nitrogen and oxygen atoms in total. The van der Waals surface area contributed by atoms with Crippen LogP contribution in [0, 0.1) is 46.3 Å². The molecule has 0 spiro atoms. The highest BCUT2D eigenvalue weighted by Crippen LogP contribution is 2.68. The summed E-state index contributed by atoms with van der Waals surface area (Å²) in [7, 11) is 0. The van der Waals surface area contributed by atoms with E-state index in [0.29, 0.717) is 47.8 Å². The zero-order chi connectivity index (χ0) is 22.8. The average molecular weight is 437 g/mol. The topological polar surface area (TPSA) is 80.9 Å².